The molecule has 2 N–H and O–H groups in total. The van der Waals surface area contributed by atoms with Gasteiger partial charge in [-0.25, -0.2) is 0 Å². The molecular formula is C14H10Cl2N6O3. The van der Waals surface area contributed by atoms with Gasteiger partial charge in [0.05, 0.1) is 11.5 Å². The number of carbonyl (C=O) groups excluding carboxylic acids is 1. The summed E-state index contributed by atoms with van der Waals surface area (Å²) >= 11 is 11.9. The Morgan fingerprint density at radius 2 is 2.04 bits per heavy atom. The van der Waals surface area contributed by atoms with Crippen molar-refractivity contribution < 1.29 is 9.72 Å². The third kappa shape index (κ3) is 3.78. The zero-order valence-corrected chi connectivity index (χ0v) is 14.0. The summed E-state index contributed by atoms with van der Waals surface area (Å²) in [5.41, 5.74) is 0.216. The number of nitrogens with zero attached hydrogens (tertiary/aromatic N) is 4. The van der Waals surface area contributed by atoms with Gasteiger partial charge in [-0.2, -0.15) is 10.2 Å². The summed E-state index contributed by atoms with van der Waals surface area (Å²) in [5, 5.41) is 24.0. The summed E-state index contributed by atoms with van der Waals surface area (Å²) in [6.07, 6.45) is 2.49. The van der Waals surface area contributed by atoms with Crippen molar-refractivity contribution in [1.29, 1.82) is 0 Å². The first-order valence-corrected chi connectivity index (χ1v) is 7.66. The molecule has 1 amide bonds. The van der Waals surface area contributed by atoms with Gasteiger partial charge in [-0.15, -0.1) is 0 Å². The highest BCUT2D eigenvalue weighted by Crippen LogP contribution is 2.22. The topological polar surface area (TPSA) is 119 Å². The molecule has 0 aliphatic carbocycles. The Bertz CT molecular complexity index is 934. The van der Waals surface area contributed by atoms with E-state index in [0.29, 0.717) is 11.6 Å². The lowest BCUT2D eigenvalue weighted by Crippen LogP contribution is -2.15. The van der Waals surface area contributed by atoms with Gasteiger partial charge < -0.3 is 5.32 Å². The molecule has 0 aliphatic rings. The molecular weight excluding hydrogens is 371 g/mol. The van der Waals surface area contributed by atoms with Crippen LogP contribution in [-0.4, -0.2) is 30.8 Å². The van der Waals surface area contributed by atoms with Crippen LogP contribution in [0.15, 0.2) is 36.7 Å². The van der Waals surface area contributed by atoms with E-state index in [-0.39, 0.29) is 16.5 Å². The molecule has 0 aliphatic heterocycles. The highest BCUT2D eigenvalue weighted by Gasteiger charge is 2.24. The third-order valence-electron chi connectivity index (χ3n) is 3.25. The number of hydrogen-bond donors (Lipinski definition) is 2. The first-order chi connectivity index (χ1) is 11.9. The smallest absolute Gasteiger partial charge is 0.302 e. The zero-order valence-electron chi connectivity index (χ0n) is 12.4. The van der Waals surface area contributed by atoms with Crippen LogP contribution in [-0.2, 0) is 6.54 Å². The second-order valence-electron chi connectivity index (χ2n) is 4.99. The summed E-state index contributed by atoms with van der Waals surface area (Å²) < 4.78 is 1.53. The van der Waals surface area contributed by atoms with Crippen LogP contribution in [0.3, 0.4) is 0 Å². The fraction of sp³-hybridized carbons (Fsp3) is 0.0714. The number of anilines is 1. The van der Waals surface area contributed by atoms with E-state index in [0.717, 1.165) is 11.8 Å². The molecule has 25 heavy (non-hydrogen) atoms. The van der Waals surface area contributed by atoms with Crippen LogP contribution >= 0.6 is 23.2 Å². The fourth-order valence-corrected chi connectivity index (χ4v) is 2.42. The average molecular weight is 381 g/mol. The number of carbonyl (C=O) groups is 1. The van der Waals surface area contributed by atoms with E-state index in [4.69, 9.17) is 23.2 Å². The molecule has 0 atom stereocenters. The molecule has 3 aromatic rings. The number of hydrogen-bond acceptors (Lipinski definition) is 5. The van der Waals surface area contributed by atoms with E-state index >= 15 is 0 Å². The second kappa shape index (κ2) is 6.91. The van der Waals surface area contributed by atoms with E-state index < -0.39 is 16.5 Å². The lowest BCUT2D eigenvalue weighted by Gasteiger charge is -2.02. The Morgan fingerprint density at radius 3 is 2.72 bits per heavy atom. The SMILES string of the molecule is O=C(Nc1nn(Cc2ccc(Cl)cc2)cc1Cl)c1[nH]ncc1[N+](=O)[O-]. The summed E-state index contributed by atoms with van der Waals surface area (Å²) in [6, 6.07) is 7.18. The van der Waals surface area contributed by atoms with Crippen molar-refractivity contribution in [2.45, 2.75) is 6.54 Å². The van der Waals surface area contributed by atoms with Gasteiger partial charge in [-0.1, -0.05) is 35.3 Å². The molecule has 11 heteroatoms. The van der Waals surface area contributed by atoms with E-state index in [2.05, 4.69) is 20.6 Å². The van der Waals surface area contributed by atoms with Crippen molar-refractivity contribution >= 4 is 40.6 Å². The normalized spacial score (nSPS) is 10.6. The predicted octanol–water partition coefficient (Wildman–Crippen LogP) is 3.12. The van der Waals surface area contributed by atoms with Crippen LogP contribution in [0.2, 0.25) is 10.0 Å². The number of amides is 1. The maximum absolute atomic E-state index is 12.1. The number of benzene rings is 1. The Hall–Kier alpha value is -2.91. The van der Waals surface area contributed by atoms with Crippen LogP contribution in [0.25, 0.3) is 0 Å². The monoisotopic (exact) mass is 380 g/mol. The minimum absolute atomic E-state index is 0.0875. The molecule has 9 nitrogen and oxygen atoms in total. The second-order valence-corrected chi connectivity index (χ2v) is 5.83. The minimum atomic E-state index is -0.761. The molecule has 0 spiro atoms. The van der Waals surface area contributed by atoms with Gasteiger partial charge in [-0.05, 0) is 17.7 Å². The zero-order chi connectivity index (χ0) is 18.0. The number of nitrogens with one attached hydrogen (secondary N) is 2. The number of H-pyrrole nitrogens is 1. The highest BCUT2D eigenvalue weighted by atomic mass is 35.5. The van der Waals surface area contributed by atoms with Crippen molar-refractivity contribution in [3.05, 3.63) is 68.1 Å². The number of halogens is 2. The van der Waals surface area contributed by atoms with Gasteiger partial charge in [0.15, 0.2) is 5.82 Å². The van der Waals surface area contributed by atoms with Gasteiger partial charge >= 0.3 is 5.69 Å². The number of aromatic amines is 1. The number of nitro groups is 1. The minimum Gasteiger partial charge on any atom is -0.302 e. The van der Waals surface area contributed by atoms with Crippen molar-refractivity contribution in [2.24, 2.45) is 0 Å². The van der Waals surface area contributed by atoms with Gasteiger partial charge in [0, 0.05) is 11.2 Å². The number of rotatable bonds is 5. The third-order valence-corrected chi connectivity index (χ3v) is 3.78. The van der Waals surface area contributed by atoms with Gasteiger partial charge in [0.1, 0.15) is 11.2 Å². The summed E-state index contributed by atoms with van der Waals surface area (Å²) in [5.74, 6) is -0.674. The van der Waals surface area contributed by atoms with Gasteiger partial charge in [0.2, 0.25) is 5.69 Å². The fourth-order valence-electron chi connectivity index (χ4n) is 2.09. The van der Waals surface area contributed by atoms with Crippen molar-refractivity contribution in [2.75, 3.05) is 5.32 Å². The van der Waals surface area contributed by atoms with Crippen LogP contribution in [0.1, 0.15) is 16.1 Å². The largest absolute Gasteiger partial charge is 0.319 e. The molecule has 0 saturated heterocycles. The molecule has 0 radical (unpaired) electrons. The maximum Gasteiger partial charge on any atom is 0.319 e. The van der Waals surface area contributed by atoms with Crippen LogP contribution in [0, 0.1) is 10.1 Å². The Labute approximate surface area is 150 Å². The van der Waals surface area contributed by atoms with Crippen molar-refractivity contribution in [1.82, 2.24) is 20.0 Å². The summed E-state index contributed by atoms with van der Waals surface area (Å²) in [7, 11) is 0. The predicted molar refractivity (Wildman–Crippen MR) is 91.0 cm³/mol. The Balaban J connectivity index is 1.76. The molecule has 0 saturated carbocycles. The van der Waals surface area contributed by atoms with E-state index in [9.17, 15) is 14.9 Å². The Morgan fingerprint density at radius 1 is 1.32 bits per heavy atom. The molecule has 128 valence electrons. The Kier molecular flexibility index (Phi) is 4.68. The summed E-state index contributed by atoms with van der Waals surface area (Å²) in [6.45, 7) is 0.414. The highest BCUT2D eigenvalue weighted by molar-refractivity contribution is 6.33. The van der Waals surface area contributed by atoms with Crippen molar-refractivity contribution in [3.63, 3.8) is 0 Å². The first kappa shape index (κ1) is 16.9. The lowest BCUT2D eigenvalue weighted by molar-refractivity contribution is -0.385. The molecule has 2 aromatic heterocycles. The van der Waals surface area contributed by atoms with E-state index in [1.807, 2.05) is 12.1 Å². The van der Waals surface area contributed by atoms with Crippen LogP contribution in [0.5, 0.6) is 0 Å². The van der Waals surface area contributed by atoms with Crippen molar-refractivity contribution in [3.8, 4) is 0 Å². The molecule has 3 rings (SSSR count). The quantitative estimate of drug-likeness (QED) is 0.520. The summed E-state index contributed by atoms with van der Waals surface area (Å²) in [4.78, 5) is 22.3. The lowest BCUT2D eigenvalue weighted by atomic mass is 10.2. The maximum atomic E-state index is 12.1. The van der Waals surface area contributed by atoms with Crippen LogP contribution in [0.4, 0.5) is 11.5 Å². The van der Waals surface area contributed by atoms with Gasteiger partial charge in [0.25, 0.3) is 5.91 Å². The molecule has 0 bridgehead atoms. The van der Waals surface area contributed by atoms with E-state index in [1.54, 1.807) is 12.1 Å². The van der Waals surface area contributed by atoms with Crippen LogP contribution < -0.4 is 5.32 Å². The standard InChI is InChI=1S/C14H10Cl2N6O3/c15-9-3-1-8(2-4-9)6-21-7-10(16)13(20-21)18-14(23)12-11(22(24)25)5-17-19-12/h1-5,7H,6H2,(H,17,19)(H,18,20,23). The average Bonchev–Trinajstić information content (AvgIpc) is 3.17. The molecule has 1 aromatic carbocycles. The molecule has 0 unspecified atom stereocenters. The van der Waals surface area contributed by atoms with E-state index in [1.165, 1.54) is 10.9 Å². The molecule has 0 fully saturated rings. The first-order valence-electron chi connectivity index (χ1n) is 6.90. The van der Waals surface area contributed by atoms with Gasteiger partial charge in [-0.3, -0.25) is 24.7 Å². The number of aromatic nitrogens is 4. The molecule has 2 heterocycles.